The molecule has 1 aliphatic rings. The number of nitrogens with one attached hydrogen (secondary N) is 1. The Morgan fingerprint density at radius 2 is 2.56 bits per heavy atom. The molecule has 2 rings (SSSR count). The largest absolute Gasteiger partial charge is 0.360 e. The number of likely N-dealkylation sites (tertiary alicyclic amines) is 1. The molecule has 1 atom stereocenters. The van der Waals surface area contributed by atoms with Crippen molar-refractivity contribution in [1.82, 2.24) is 10.1 Å². The SMILES string of the molecule is Cc1cc(NC(=O)CC2CCN(C)C2)no1. The van der Waals surface area contributed by atoms with Crippen molar-refractivity contribution in [1.29, 1.82) is 0 Å². The summed E-state index contributed by atoms with van der Waals surface area (Å²) in [7, 11) is 2.08. The molecule has 0 aromatic carbocycles. The number of anilines is 1. The van der Waals surface area contributed by atoms with Crippen LogP contribution >= 0.6 is 0 Å². The second kappa shape index (κ2) is 4.65. The van der Waals surface area contributed by atoms with Gasteiger partial charge in [-0.05, 0) is 32.9 Å². The highest BCUT2D eigenvalue weighted by Gasteiger charge is 2.22. The van der Waals surface area contributed by atoms with E-state index in [1.165, 1.54) is 0 Å². The minimum Gasteiger partial charge on any atom is -0.360 e. The molecule has 1 amide bonds. The number of aryl methyl sites for hydroxylation is 1. The minimum absolute atomic E-state index is 0.0219. The molecule has 1 N–H and O–H groups in total. The van der Waals surface area contributed by atoms with E-state index in [0.717, 1.165) is 19.5 Å². The second-order valence-electron chi connectivity index (χ2n) is 4.49. The topological polar surface area (TPSA) is 58.4 Å². The molecule has 1 saturated heterocycles. The van der Waals surface area contributed by atoms with Crippen molar-refractivity contribution in [3.05, 3.63) is 11.8 Å². The third-order valence-electron chi connectivity index (χ3n) is 2.86. The smallest absolute Gasteiger partial charge is 0.225 e. The van der Waals surface area contributed by atoms with E-state index in [1.54, 1.807) is 13.0 Å². The maximum absolute atomic E-state index is 11.7. The van der Waals surface area contributed by atoms with Crippen molar-refractivity contribution in [3.63, 3.8) is 0 Å². The Balaban J connectivity index is 1.80. The van der Waals surface area contributed by atoms with Gasteiger partial charge in [-0.3, -0.25) is 4.79 Å². The summed E-state index contributed by atoms with van der Waals surface area (Å²) in [5.41, 5.74) is 0. The first-order valence-electron chi connectivity index (χ1n) is 5.55. The van der Waals surface area contributed by atoms with Crippen molar-refractivity contribution < 1.29 is 9.32 Å². The van der Waals surface area contributed by atoms with E-state index in [0.29, 0.717) is 23.9 Å². The van der Waals surface area contributed by atoms with Crippen LogP contribution < -0.4 is 5.32 Å². The van der Waals surface area contributed by atoms with Crippen molar-refractivity contribution >= 4 is 11.7 Å². The van der Waals surface area contributed by atoms with Crippen LogP contribution in [0.4, 0.5) is 5.82 Å². The Hall–Kier alpha value is -1.36. The molecule has 0 spiro atoms. The van der Waals surface area contributed by atoms with Crippen LogP contribution in [0.5, 0.6) is 0 Å². The van der Waals surface area contributed by atoms with E-state index >= 15 is 0 Å². The van der Waals surface area contributed by atoms with Gasteiger partial charge >= 0.3 is 0 Å². The van der Waals surface area contributed by atoms with E-state index in [4.69, 9.17) is 4.52 Å². The molecular formula is C11H17N3O2. The fourth-order valence-corrected chi connectivity index (χ4v) is 2.07. The number of carbonyl (C=O) groups is 1. The number of carbonyl (C=O) groups excluding carboxylic acids is 1. The first-order valence-corrected chi connectivity index (χ1v) is 5.55. The van der Waals surface area contributed by atoms with Gasteiger partial charge in [0.25, 0.3) is 0 Å². The average molecular weight is 223 g/mol. The number of hydrogen-bond acceptors (Lipinski definition) is 4. The van der Waals surface area contributed by atoms with Crippen molar-refractivity contribution in [3.8, 4) is 0 Å². The van der Waals surface area contributed by atoms with Gasteiger partial charge < -0.3 is 14.7 Å². The zero-order chi connectivity index (χ0) is 11.5. The Bertz CT molecular complexity index is 375. The highest BCUT2D eigenvalue weighted by molar-refractivity contribution is 5.89. The van der Waals surface area contributed by atoms with E-state index in [9.17, 15) is 4.79 Å². The van der Waals surface area contributed by atoms with Crippen LogP contribution in [-0.4, -0.2) is 36.1 Å². The lowest BCUT2D eigenvalue weighted by Crippen LogP contribution is -2.19. The van der Waals surface area contributed by atoms with Crippen LogP contribution in [0.1, 0.15) is 18.6 Å². The van der Waals surface area contributed by atoms with Crippen molar-refractivity contribution in [2.24, 2.45) is 5.92 Å². The normalized spacial score (nSPS) is 21.2. The molecule has 1 fully saturated rings. The molecule has 5 heteroatoms. The molecule has 2 heterocycles. The molecular weight excluding hydrogens is 206 g/mol. The van der Waals surface area contributed by atoms with Crippen molar-refractivity contribution in [2.75, 3.05) is 25.5 Å². The lowest BCUT2D eigenvalue weighted by Gasteiger charge is -2.09. The molecule has 0 aliphatic carbocycles. The number of aromatic nitrogens is 1. The number of amides is 1. The first kappa shape index (κ1) is 11.1. The zero-order valence-corrected chi connectivity index (χ0v) is 9.69. The molecule has 1 unspecified atom stereocenters. The van der Waals surface area contributed by atoms with Crippen LogP contribution in [0.3, 0.4) is 0 Å². The quantitative estimate of drug-likeness (QED) is 0.838. The molecule has 16 heavy (non-hydrogen) atoms. The zero-order valence-electron chi connectivity index (χ0n) is 9.69. The summed E-state index contributed by atoms with van der Waals surface area (Å²) < 4.78 is 4.88. The Morgan fingerprint density at radius 1 is 1.75 bits per heavy atom. The van der Waals surface area contributed by atoms with Crippen LogP contribution in [0.25, 0.3) is 0 Å². The second-order valence-corrected chi connectivity index (χ2v) is 4.49. The highest BCUT2D eigenvalue weighted by Crippen LogP contribution is 2.18. The van der Waals surface area contributed by atoms with E-state index in [1.807, 2.05) is 0 Å². The van der Waals surface area contributed by atoms with Crippen LogP contribution in [-0.2, 0) is 4.79 Å². The Kier molecular flexibility index (Phi) is 3.24. The van der Waals surface area contributed by atoms with Gasteiger partial charge in [0.05, 0.1) is 0 Å². The monoisotopic (exact) mass is 223 g/mol. The molecule has 1 aliphatic heterocycles. The van der Waals surface area contributed by atoms with E-state index in [-0.39, 0.29) is 5.91 Å². The standard InChI is InChI=1S/C11H17N3O2/c1-8-5-10(13-16-8)12-11(15)6-9-3-4-14(2)7-9/h5,9H,3-4,6-7H2,1-2H3,(H,12,13,15). The van der Waals surface area contributed by atoms with Crippen LogP contribution in [0, 0.1) is 12.8 Å². The van der Waals surface area contributed by atoms with Gasteiger partial charge in [-0.2, -0.15) is 0 Å². The maximum atomic E-state index is 11.7. The third-order valence-corrected chi connectivity index (χ3v) is 2.86. The highest BCUT2D eigenvalue weighted by atomic mass is 16.5. The van der Waals surface area contributed by atoms with Crippen LogP contribution in [0.15, 0.2) is 10.6 Å². The number of hydrogen-bond donors (Lipinski definition) is 1. The third kappa shape index (κ3) is 2.82. The molecule has 1 aromatic heterocycles. The minimum atomic E-state index is 0.0219. The lowest BCUT2D eigenvalue weighted by atomic mass is 10.0. The van der Waals surface area contributed by atoms with E-state index in [2.05, 4.69) is 22.4 Å². The van der Waals surface area contributed by atoms with Gasteiger partial charge in [0.15, 0.2) is 5.82 Å². The number of rotatable bonds is 3. The Labute approximate surface area is 94.8 Å². The van der Waals surface area contributed by atoms with Crippen LogP contribution in [0.2, 0.25) is 0 Å². The molecule has 1 aromatic rings. The van der Waals surface area contributed by atoms with Gasteiger partial charge in [0.1, 0.15) is 5.76 Å². The van der Waals surface area contributed by atoms with Gasteiger partial charge in [-0.1, -0.05) is 5.16 Å². The lowest BCUT2D eigenvalue weighted by molar-refractivity contribution is -0.117. The fraction of sp³-hybridized carbons (Fsp3) is 0.636. The predicted octanol–water partition coefficient (Wildman–Crippen LogP) is 1.26. The first-order chi connectivity index (χ1) is 7.63. The Morgan fingerprint density at radius 3 is 3.12 bits per heavy atom. The molecule has 0 saturated carbocycles. The van der Waals surface area contributed by atoms with Gasteiger partial charge in [0.2, 0.25) is 5.91 Å². The van der Waals surface area contributed by atoms with Gasteiger partial charge in [0, 0.05) is 19.0 Å². The number of nitrogens with zero attached hydrogens (tertiary/aromatic N) is 2. The average Bonchev–Trinajstić information content (AvgIpc) is 2.76. The molecule has 5 nitrogen and oxygen atoms in total. The summed E-state index contributed by atoms with van der Waals surface area (Å²) in [6.07, 6.45) is 1.66. The summed E-state index contributed by atoms with van der Waals surface area (Å²) in [4.78, 5) is 13.9. The predicted molar refractivity (Wildman–Crippen MR) is 60.1 cm³/mol. The summed E-state index contributed by atoms with van der Waals surface area (Å²) in [6, 6.07) is 1.72. The van der Waals surface area contributed by atoms with Gasteiger partial charge in [-0.25, -0.2) is 0 Å². The fourth-order valence-electron chi connectivity index (χ4n) is 2.07. The summed E-state index contributed by atoms with van der Waals surface area (Å²) in [5, 5.41) is 6.47. The van der Waals surface area contributed by atoms with Crippen molar-refractivity contribution in [2.45, 2.75) is 19.8 Å². The maximum Gasteiger partial charge on any atom is 0.225 e. The summed E-state index contributed by atoms with van der Waals surface area (Å²) in [5.74, 6) is 1.70. The summed E-state index contributed by atoms with van der Waals surface area (Å²) >= 11 is 0. The van der Waals surface area contributed by atoms with Gasteiger partial charge in [-0.15, -0.1) is 0 Å². The molecule has 88 valence electrons. The molecule has 0 bridgehead atoms. The molecule has 0 radical (unpaired) electrons. The summed E-state index contributed by atoms with van der Waals surface area (Å²) in [6.45, 7) is 3.89. The van der Waals surface area contributed by atoms with E-state index < -0.39 is 0 Å².